The summed E-state index contributed by atoms with van der Waals surface area (Å²) in [6.07, 6.45) is 0. The molecule has 294 valence electrons. The Morgan fingerprint density at radius 3 is 1.68 bits per heavy atom. The van der Waals surface area contributed by atoms with Crippen LogP contribution in [-0.2, 0) is 0 Å². The first-order valence-electron chi connectivity index (χ1n) is 21.1. The highest BCUT2D eigenvalue weighted by atomic mass is 32.1. The second kappa shape index (κ2) is 14.2. The lowest BCUT2D eigenvalue weighted by Gasteiger charge is -2.15. The van der Waals surface area contributed by atoms with Gasteiger partial charge in [-0.05, 0) is 71.3 Å². The standard InChI is InChI=1S/C57H34N4OS/c1-2-13-35(14-3-1)36-25-27-37(28-26-36)55-58-56(60-57(59-55)39-29-31-44-43-18-7-11-24-52(43)63-53(44)34-39)38-30-32-50-46(33-38)54-45(19-12-23-51(54)62-50)42-17-6-10-22-49(42)61-47-20-8-4-15-40(47)41-16-5-9-21-48(41)61/h1-34H. The summed E-state index contributed by atoms with van der Waals surface area (Å²) in [5.41, 5.74) is 12.3. The molecule has 0 aliphatic heterocycles. The van der Waals surface area contributed by atoms with Crippen molar-refractivity contribution in [2.45, 2.75) is 0 Å². The number of rotatable bonds is 6. The fraction of sp³-hybridized carbons (Fsp3) is 0. The fourth-order valence-corrected chi connectivity index (χ4v) is 10.5. The summed E-state index contributed by atoms with van der Waals surface area (Å²) in [6.45, 7) is 0. The molecule has 6 heteroatoms. The van der Waals surface area contributed by atoms with Crippen molar-refractivity contribution in [1.82, 2.24) is 19.5 Å². The van der Waals surface area contributed by atoms with E-state index in [-0.39, 0.29) is 0 Å². The molecule has 0 aliphatic carbocycles. The maximum absolute atomic E-state index is 6.62. The molecule has 0 unspecified atom stereocenters. The van der Waals surface area contributed by atoms with Gasteiger partial charge in [0, 0.05) is 64.0 Å². The van der Waals surface area contributed by atoms with E-state index in [1.54, 1.807) is 11.3 Å². The summed E-state index contributed by atoms with van der Waals surface area (Å²) in [5.74, 6) is 1.83. The molecule has 5 nitrogen and oxygen atoms in total. The number of thiophene rings is 1. The molecule has 0 fully saturated rings. The van der Waals surface area contributed by atoms with E-state index in [4.69, 9.17) is 19.4 Å². The summed E-state index contributed by atoms with van der Waals surface area (Å²) in [4.78, 5) is 15.6. The molecule has 0 aliphatic rings. The zero-order valence-electron chi connectivity index (χ0n) is 33.7. The Balaban J connectivity index is 0.992. The molecule has 0 bridgehead atoms. The van der Waals surface area contributed by atoms with Crippen LogP contribution in [0.1, 0.15) is 0 Å². The zero-order valence-corrected chi connectivity index (χ0v) is 34.6. The summed E-state index contributed by atoms with van der Waals surface area (Å²) in [5, 5.41) is 7.00. The molecule has 13 rings (SSSR count). The first-order valence-corrected chi connectivity index (χ1v) is 21.9. The van der Waals surface area contributed by atoms with Gasteiger partial charge in [0.1, 0.15) is 11.2 Å². The molecule has 0 radical (unpaired) electrons. The molecule has 4 heterocycles. The van der Waals surface area contributed by atoms with Gasteiger partial charge in [0.25, 0.3) is 0 Å². The Morgan fingerprint density at radius 2 is 0.905 bits per heavy atom. The number of furan rings is 1. The zero-order chi connectivity index (χ0) is 41.4. The Morgan fingerprint density at radius 1 is 0.349 bits per heavy atom. The van der Waals surface area contributed by atoms with Crippen LogP contribution in [-0.4, -0.2) is 19.5 Å². The molecule has 0 saturated carbocycles. The maximum atomic E-state index is 6.62. The van der Waals surface area contributed by atoms with Crippen LogP contribution in [0, 0.1) is 0 Å². The van der Waals surface area contributed by atoms with Crippen LogP contribution in [0.25, 0.3) is 126 Å². The largest absolute Gasteiger partial charge is 0.456 e. The molecule has 0 saturated heterocycles. The van der Waals surface area contributed by atoms with E-state index < -0.39 is 0 Å². The van der Waals surface area contributed by atoms with Crippen LogP contribution >= 0.6 is 11.3 Å². The molecule has 4 aromatic heterocycles. The third-order valence-corrected chi connectivity index (χ3v) is 13.4. The third kappa shape index (κ3) is 5.80. The van der Waals surface area contributed by atoms with Crippen molar-refractivity contribution in [3.05, 3.63) is 206 Å². The molecular formula is C57H34N4OS. The van der Waals surface area contributed by atoms with Crippen LogP contribution in [0.4, 0.5) is 0 Å². The predicted octanol–water partition coefficient (Wildman–Crippen LogP) is 15.6. The maximum Gasteiger partial charge on any atom is 0.164 e. The van der Waals surface area contributed by atoms with Crippen molar-refractivity contribution in [3.8, 4) is 62.1 Å². The highest BCUT2D eigenvalue weighted by molar-refractivity contribution is 7.25. The van der Waals surface area contributed by atoms with Gasteiger partial charge in [-0.15, -0.1) is 11.3 Å². The first kappa shape index (κ1) is 35.6. The number of aromatic nitrogens is 4. The van der Waals surface area contributed by atoms with E-state index >= 15 is 0 Å². The second-order valence-corrected chi connectivity index (χ2v) is 17.0. The van der Waals surface area contributed by atoms with Crippen molar-refractivity contribution in [3.63, 3.8) is 0 Å². The predicted molar refractivity (Wildman–Crippen MR) is 262 cm³/mol. The van der Waals surface area contributed by atoms with Crippen molar-refractivity contribution in [2.75, 3.05) is 0 Å². The first-order chi connectivity index (χ1) is 31.2. The van der Waals surface area contributed by atoms with E-state index in [2.05, 4.69) is 199 Å². The molecule has 13 aromatic rings. The molecule has 9 aromatic carbocycles. The molecule has 0 N–H and O–H groups in total. The van der Waals surface area contributed by atoms with Crippen molar-refractivity contribution >= 4 is 75.3 Å². The number of hydrogen-bond donors (Lipinski definition) is 0. The minimum absolute atomic E-state index is 0.595. The Labute approximate surface area is 365 Å². The number of nitrogens with zero attached hydrogens (tertiary/aromatic N) is 4. The lowest BCUT2D eigenvalue weighted by atomic mass is 9.97. The minimum atomic E-state index is 0.595. The highest BCUT2D eigenvalue weighted by Gasteiger charge is 2.21. The van der Waals surface area contributed by atoms with Gasteiger partial charge in [0.15, 0.2) is 17.5 Å². The Kier molecular flexibility index (Phi) is 8.01. The van der Waals surface area contributed by atoms with E-state index in [9.17, 15) is 0 Å². The lowest BCUT2D eigenvalue weighted by molar-refractivity contribution is 0.669. The quantitative estimate of drug-likeness (QED) is 0.168. The highest BCUT2D eigenvalue weighted by Crippen LogP contribution is 2.43. The summed E-state index contributed by atoms with van der Waals surface area (Å²) >= 11 is 1.79. The van der Waals surface area contributed by atoms with Crippen LogP contribution in [0.15, 0.2) is 211 Å². The molecule has 0 spiro atoms. The van der Waals surface area contributed by atoms with Crippen molar-refractivity contribution < 1.29 is 4.42 Å². The fourth-order valence-electron chi connectivity index (χ4n) is 9.34. The van der Waals surface area contributed by atoms with Gasteiger partial charge in [-0.2, -0.15) is 0 Å². The van der Waals surface area contributed by atoms with Gasteiger partial charge in [0.05, 0.1) is 16.7 Å². The SMILES string of the molecule is c1ccc(-c2ccc(-c3nc(-c4ccc5c(c4)sc4ccccc45)nc(-c4ccc5oc6cccc(-c7ccccc7-n7c8ccccc8c8ccccc87)c6c5c4)n3)cc2)cc1. The van der Waals surface area contributed by atoms with Crippen LogP contribution in [0.2, 0.25) is 0 Å². The van der Waals surface area contributed by atoms with Gasteiger partial charge in [-0.25, -0.2) is 15.0 Å². The number of para-hydroxylation sites is 3. The molecular weight excluding hydrogens is 789 g/mol. The van der Waals surface area contributed by atoms with E-state index in [0.29, 0.717) is 17.5 Å². The Hall–Kier alpha value is -8.19. The number of fused-ring (bicyclic) bond motifs is 9. The van der Waals surface area contributed by atoms with Gasteiger partial charge < -0.3 is 8.98 Å². The summed E-state index contributed by atoms with van der Waals surface area (Å²) < 4.78 is 11.5. The third-order valence-electron chi connectivity index (χ3n) is 12.3. The normalized spacial score (nSPS) is 11.8. The number of benzene rings is 9. The number of hydrogen-bond acceptors (Lipinski definition) is 5. The van der Waals surface area contributed by atoms with Crippen LogP contribution < -0.4 is 0 Å². The van der Waals surface area contributed by atoms with Gasteiger partial charge in [-0.3, -0.25) is 0 Å². The van der Waals surface area contributed by atoms with E-state index in [1.165, 1.54) is 42.0 Å². The Bertz CT molecular complexity index is 3860. The van der Waals surface area contributed by atoms with Crippen molar-refractivity contribution in [2.24, 2.45) is 0 Å². The van der Waals surface area contributed by atoms with Gasteiger partial charge in [-0.1, -0.05) is 152 Å². The molecule has 63 heavy (non-hydrogen) atoms. The average Bonchev–Trinajstić information content (AvgIpc) is 4.03. The van der Waals surface area contributed by atoms with Gasteiger partial charge in [0.2, 0.25) is 0 Å². The van der Waals surface area contributed by atoms with Crippen LogP contribution in [0.5, 0.6) is 0 Å². The monoisotopic (exact) mass is 822 g/mol. The lowest BCUT2D eigenvalue weighted by Crippen LogP contribution is -2.00. The van der Waals surface area contributed by atoms with E-state index in [1.807, 2.05) is 12.1 Å². The summed E-state index contributed by atoms with van der Waals surface area (Å²) in [6, 6.07) is 72.7. The van der Waals surface area contributed by atoms with E-state index in [0.717, 1.165) is 66.6 Å². The minimum Gasteiger partial charge on any atom is -0.456 e. The summed E-state index contributed by atoms with van der Waals surface area (Å²) in [7, 11) is 0. The second-order valence-electron chi connectivity index (χ2n) is 15.9. The van der Waals surface area contributed by atoms with Crippen LogP contribution in [0.3, 0.4) is 0 Å². The average molecular weight is 823 g/mol. The smallest absolute Gasteiger partial charge is 0.164 e. The topological polar surface area (TPSA) is 56.7 Å². The molecule has 0 atom stereocenters. The van der Waals surface area contributed by atoms with Crippen molar-refractivity contribution in [1.29, 1.82) is 0 Å². The van der Waals surface area contributed by atoms with Gasteiger partial charge >= 0.3 is 0 Å². The molecule has 0 amide bonds.